The Kier molecular flexibility index (Phi) is 9.49. The molecule has 13 rings (SSSR count). The molecule has 0 fully saturated rings. The summed E-state index contributed by atoms with van der Waals surface area (Å²) < 4.78 is 0. The molecule has 2 aliphatic carbocycles. The van der Waals surface area contributed by atoms with Gasteiger partial charge >= 0.3 is 0 Å². The molecule has 0 saturated carbocycles. The minimum absolute atomic E-state index is 0.162. The van der Waals surface area contributed by atoms with Crippen LogP contribution in [-0.4, -0.2) is 0 Å². The molecule has 0 unspecified atom stereocenters. The molecule has 0 atom stereocenters. The van der Waals surface area contributed by atoms with E-state index < -0.39 is 5.41 Å². The van der Waals surface area contributed by atoms with Crippen molar-refractivity contribution in [2.24, 2.45) is 0 Å². The summed E-state index contributed by atoms with van der Waals surface area (Å²) in [6.07, 6.45) is 0. The predicted molar refractivity (Wildman–Crippen MR) is 290 cm³/mol. The van der Waals surface area contributed by atoms with Crippen molar-refractivity contribution in [2.45, 2.75) is 24.7 Å². The highest BCUT2D eigenvalue weighted by Crippen LogP contribution is 2.60. The van der Waals surface area contributed by atoms with Crippen molar-refractivity contribution in [2.75, 3.05) is 4.90 Å². The first kappa shape index (κ1) is 40.7. The van der Waals surface area contributed by atoms with Crippen LogP contribution in [0.25, 0.3) is 66.4 Å². The maximum absolute atomic E-state index is 2.52. The fourth-order valence-corrected chi connectivity index (χ4v) is 12.0. The van der Waals surface area contributed by atoms with E-state index >= 15 is 0 Å². The fraction of sp³-hybridized carbons (Fsp3) is 0.0588. The third kappa shape index (κ3) is 6.31. The molecular formula is C68H49N. The highest BCUT2D eigenvalue weighted by atomic mass is 15.1. The van der Waals surface area contributed by atoms with E-state index in [1.165, 1.54) is 99.8 Å². The van der Waals surface area contributed by atoms with Crippen molar-refractivity contribution < 1.29 is 0 Å². The summed E-state index contributed by atoms with van der Waals surface area (Å²) in [5, 5.41) is 2.47. The molecule has 11 aromatic carbocycles. The van der Waals surface area contributed by atoms with Gasteiger partial charge in [-0.3, -0.25) is 0 Å². The molecule has 69 heavy (non-hydrogen) atoms. The summed E-state index contributed by atoms with van der Waals surface area (Å²) in [7, 11) is 0. The van der Waals surface area contributed by atoms with Gasteiger partial charge in [-0.05, 0) is 125 Å². The van der Waals surface area contributed by atoms with Gasteiger partial charge in [-0.2, -0.15) is 0 Å². The largest absolute Gasteiger partial charge is 0.310 e. The van der Waals surface area contributed by atoms with Crippen molar-refractivity contribution in [3.8, 4) is 55.6 Å². The van der Waals surface area contributed by atoms with Crippen LogP contribution in [0.4, 0.5) is 17.1 Å². The SMILES string of the molecule is CC1(C)c2ccccc2-c2ccc(N(c3ccc(-c4ccc5ccccc5c4-c4ccc(-c5ccccc5)cc4)cc3)c3cccc4c3-c3ccccc3C4(c3ccccc3)c3ccccc3)cc21. The van der Waals surface area contributed by atoms with Crippen LogP contribution in [0.1, 0.15) is 47.2 Å². The van der Waals surface area contributed by atoms with Gasteiger partial charge in [0.2, 0.25) is 0 Å². The lowest BCUT2D eigenvalue weighted by atomic mass is 9.68. The number of hydrogen-bond donors (Lipinski definition) is 0. The molecule has 0 radical (unpaired) electrons. The number of nitrogens with zero attached hydrogens (tertiary/aromatic N) is 1. The summed E-state index contributed by atoms with van der Waals surface area (Å²) in [6.45, 7) is 4.75. The second-order valence-electron chi connectivity index (χ2n) is 19.2. The molecule has 1 heteroatoms. The molecule has 0 spiro atoms. The zero-order valence-corrected chi connectivity index (χ0v) is 38.8. The summed E-state index contributed by atoms with van der Waals surface area (Å²) in [4.78, 5) is 2.52. The normalized spacial score (nSPS) is 13.6. The number of fused-ring (bicyclic) bond motifs is 7. The first-order valence-corrected chi connectivity index (χ1v) is 24.2. The second-order valence-corrected chi connectivity index (χ2v) is 19.2. The maximum atomic E-state index is 2.52. The Balaban J connectivity index is 1.02. The predicted octanol–water partition coefficient (Wildman–Crippen LogP) is 18.0. The van der Waals surface area contributed by atoms with Crippen molar-refractivity contribution in [1.82, 2.24) is 0 Å². The van der Waals surface area contributed by atoms with Gasteiger partial charge in [0.1, 0.15) is 0 Å². The third-order valence-corrected chi connectivity index (χ3v) is 15.2. The minimum Gasteiger partial charge on any atom is -0.310 e. The molecule has 1 nitrogen and oxygen atoms in total. The van der Waals surface area contributed by atoms with E-state index in [9.17, 15) is 0 Å². The lowest BCUT2D eigenvalue weighted by Gasteiger charge is -2.34. The Bertz CT molecular complexity index is 3680. The highest BCUT2D eigenvalue weighted by Gasteiger charge is 2.47. The van der Waals surface area contributed by atoms with E-state index in [0.717, 1.165) is 17.1 Å². The van der Waals surface area contributed by atoms with Crippen LogP contribution in [-0.2, 0) is 10.8 Å². The minimum atomic E-state index is -0.520. The molecule has 0 bridgehead atoms. The maximum Gasteiger partial charge on any atom is 0.0714 e. The van der Waals surface area contributed by atoms with Crippen molar-refractivity contribution in [1.29, 1.82) is 0 Å². The molecule has 2 aliphatic rings. The summed E-state index contributed by atoms with van der Waals surface area (Å²) >= 11 is 0. The number of anilines is 3. The molecule has 0 saturated heterocycles. The zero-order valence-electron chi connectivity index (χ0n) is 38.8. The Morgan fingerprint density at radius 2 is 0.826 bits per heavy atom. The van der Waals surface area contributed by atoms with Crippen LogP contribution < -0.4 is 4.90 Å². The zero-order chi connectivity index (χ0) is 46.1. The van der Waals surface area contributed by atoms with Gasteiger partial charge in [0.25, 0.3) is 0 Å². The molecule has 11 aromatic rings. The van der Waals surface area contributed by atoms with Crippen molar-refractivity contribution >= 4 is 27.8 Å². The van der Waals surface area contributed by atoms with Gasteiger partial charge in [-0.25, -0.2) is 0 Å². The van der Waals surface area contributed by atoms with Gasteiger partial charge < -0.3 is 4.90 Å². The number of benzene rings is 11. The molecule has 0 heterocycles. The highest BCUT2D eigenvalue weighted by molar-refractivity contribution is 6.05. The Morgan fingerprint density at radius 1 is 0.304 bits per heavy atom. The lowest BCUT2D eigenvalue weighted by molar-refractivity contribution is 0.660. The third-order valence-electron chi connectivity index (χ3n) is 15.2. The first-order chi connectivity index (χ1) is 34.0. The fourth-order valence-electron chi connectivity index (χ4n) is 12.0. The standard InChI is InChI=1S/C68H49N/c1-67(2)60-29-16-14-27-57(60)58-44-42-54(45-63(58)67)69(64-32-18-31-62-66(64)59-28-15-17-30-61(59)68(62,51-22-8-4-9-23-51)52-24-10-5-11-25-52)53-40-37-49(38-41-53)56-43-39-48-21-12-13-26-55(48)65(56)50-35-33-47(34-36-50)46-19-6-3-7-20-46/h3-45H,1-2H3. The van der Waals surface area contributed by atoms with Gasteiger partial charge in [-0.1, -0.05) is 244 Å². The van der Waals surface area contributed by atoms with Crippen LogP contribution in [0.15, 0.2) is 261 Å². The van der Waals surface area contributed by atoms with E-state index in [1.54, 1.807) is 0 Å². The Hall–Kier alpha value is -8.52. The quantitative estimate of drug-likeness (QED) is 0.147. The van der Waals surface area contributed by atoms with E-state index in [1.807, 2.05) is 0 Å². The first-order valence-electron chi connectivity index (χ1n) is 24.2. The average Bonchev–Trinajstić information content (AvgIpc) is 3.85. The summed E-state index contributed by atoms with van der Waals surface area (Å²) in [6, 6.07) is 96.8. The van der Waals surface area contributed by atoms with Crippen LogP contribution in [0, 0.1) is 0 Å². The Labute approximate surface area is 405 Å². The summed E-state index contributed by atoms with van der Waals surface area (Å²) in [5.74, 6) is 0. The van der Waals surface area contributed by atoms with Gasteiger partial charge in [0.05, 0.1) is 11.1 Å². The van der Waals surface area contributed by atoms with Crippen LogP contribution >= 0.6 is 0 Å². The average molecular weight is 880 g/mol. The molecule has 0 amide bonds. The molecule has 0 N–H and O–H groups in total. The molecule has 326 valence electrons. The molecule has 0 aromatic heterocycles. The van der Waals surface area contributed by atoms with Crippen molar-refractivity contribution in [3.05, 3.63) is 294 Å². The molecule has 0 aliphatic heterocycles. The summed E-state index contributed by atoms with van der Waals surface area (Å²) in [5.41, 5.74) is 22.9. The van der Waals surface area contributed by atoms with Gasteiger partial charge in [0.15, 0.2) is 0 Å². The lowest BCUT2D eigenvalue weighted by Crippen LogP contribution is -2.28. The number of hydrogen-bond acceptors (Lipinski definition) is 1. The van der Waals surface area contributed by atoms with Crippen molar-refractivity contribution in [3.63, 3.8) is 0 Å². The van der Waals surface area contributed by atoms with E-state index in [0.29, 0.717) is 0 Å². The van der Waals surface area contributed by atoms with Crippen LogP contribution in [0.5, 0.6) is 0 Å². The second kappa shape index (κ2) is 16.1. The van der Waals surface area contributed by atoms with E-state index in [4.69, 9.17) is 0 Å². The van der Waals surface area contributed by atoms with Gasteiger partial charge in [0, 0.05) is 22.4 Å². The van der Waals surface area contributed by atoms with E-state index in [2.05, 4.69) is 280 Å². The van der Waals surface area contributed by atoms with Crippen LogP contribution in [0.3, 0.4) is 0 Å². The monoisotopic (exact) mass is 879 g/mol. The number of rotatable bonds is 8. The smallest absolute Gasteiger partial charge is 0.0714 e. The van der Waals surface area contributed by atoms with Gasteiger partial charge in [-0.15, -0.1) is 0 Å². The topological polar surface area (TPSA) is 3.24 Å². The van der Waals surface area contributed by atoms with Crippen LogP contribution in [0.2, 0.25) is 0 Å². The molecular weight excluding hydrogens is 831 g/mol. The van der Waals surface area contributed by atoms with E-state index in [-0.39, 0.29) is 5.41 Å². The Morgan fingerprint density at radius 3 is 1.55 bits per heavy atom.